The molecule has 174 valence electrons. The van der Waals surface area contributed by atoms with Gasteiger partial charge in [-0.2, -0.15) is 0 Å². The van der Waals surface area contributed by atoms with E-state index in [1.165, 1.54) is 32.1 Å². The molecule has 1 aromatic heterocycles. The molecule has 7 nitrogen and oxygen atoms in total. The minimum atomic E-state index is -0.456. The number of rotatable bonds is 6. The summed E-state index contributed by atoms with van der Waals surface area (Å²) in [6.45, 7) is 3.21. The first-order valence-electron chi connectivity index (χ1n) is 11.6. The third kappa shape index (κ3) is 5.34. The first kappa shape index (κ1) is 23.2. The molecule has 1 aliphatic carbocycles. The highest BCUT2D eigenvalue weighted by molar-refractivity contribution is 6.31. The number of nitrogens with zero attached hydrogens (tertiary/aromatic N) is 2. The van der Waals surface area contributed by atoms with Crippen LogP contribution < -0.4 is 21.3 Å². The Morgan fingerprint density at radius 3 is 2.75 bits per heavy atom. The van der Waals surface area contributed by atoms with Crippen molar-refractivity contribution < 1.29 is 9.53 Å². The van der Waals surface area contributed by atoms with E-state index >= 15 is 0 Å². The van der Waals surface area contributed by atoms with Crippen molar-refractivity contribution in [2.24, 2.45) is 5.73 Å². The zero-order chi connectivity index (χ0) is 22.7. The van der Waals surface area contributed by atoms with Gasteiger partial charge in [0.05, 0.1) is 23.3 Å². The van der Waals surface area contributed by atoms with Gasteiger partial charge in [0.25, 0.3) is 5.91 Å². The van der Waals surface area contributed by atoms with E-state index in [4.69, 9.17) is 27.1 Å². The number of ether oxygens (including phenoxy) is 1. The summed E-state index contributed by atoms with van der Waals surface area (Å²) in [6.07, 6.45) is 6.94. The van der Waals surface area contributed by atoms with Crippen molar-refractivity contribution in [1.82, 2.24) is 15.6 Å². The number of anilines is 1. The third-order valence-corrected chi connectivity index (χ3v) is 6.81. The zero-order valence-corrected chi connectivity index (χ0v) is 19.7. The van der Waals surface area contributed by atoms with E-state index in [1.807, 2.05) is 24.3 Å². The number of nitrogens with two attached hydrogens (primary N) is 1. The molecule has 1 saturated carbocycles. The van der Waals surface area contributed by atoms with Gasteiger partial charge in [-0.15, -0.1) is 0 Å². The maximum atomic E-state index is 13.0. The molecule has 2 aliphatic rings. The standard InChI is InChI=1S/C24H34ClN5O2/c1-15(26)27-24(31)19-13-16-12-17(25)8-9-20(16)29-23(19)30-11-10-21(22(14-30)32-2)28-18-6-4-3-5-7-18/h8-9,12-13,15,18,21-22,28H,3-7,10-11,14,26H2,1-2H3,(H,27,31). The number of carbonyl (C=O) groups excluding carboxylic acids is 1. The number of pyridine rings is 1. The highest BCUT2D eigenvalue weighted by atomic mass is 35.5. The predicted molar refractivity (Wildman–Crippen MR) is 129 cm³/mol. The molecule has 0 bridgehead atoms. The van der Waals surface area contributed by atoms with Gasteiger partial charge in [0.2, 0.25) is 0 Å². The van der Waals surface area contributed by atoms with E-state index in [2.05, 4.69) is 15.5 Å². The Morgan fingerprint density at radius 2 is 2.03 bits per heavy atom. The Morgan fingerprint density at radius 1 is 1.25 bits per heavy atom. The lowest BCUT2D eigenvalue weighted by atomic mass is 9.92. The Kier molecular flexibility index (Phi) is 7.51. The van der Waals surface area contributed by atoms with Crippen LogP contribution in [0.4, 0.5) is 5.82 Å². The summed E-state index contributed by atoms with van der Waals surface area (Å²) in [5.41, 5.74) is 7.14. The van der Waals surface area contributed by atoms with Crippen LogP contribution in [-0.4, -0.2) is 55.4 Å². The lowest BCUT2D eigenvalue weighted by molar-refractivity contribution is 0.0533. The smallest absolute Gasteiger partial charge is 0.256 e. The molecule has 2 fully saturated rings. The number of amides is 1. The van der Waals surface area contributed by atoms with Crippen LogP contribution in [0.2, 0.25) is 5.02 Å². The number of aromatic nitrogens is 1. The Labute approximate surface area is 195 Å². The summed E-state index contributed by atoms with van der Waals surface area (Å²) in [4.78, 5) is 20.0. The molecular formula is C24H34ClN5O2. The number of methoxy groups -OCH3 is 1. The Balaban J connectivity index is 1.60. The van der Waals surface area contributed by atoms with Crippen LogP contribution in [0.25, 0.3) is 10.9 Å². The van der Waals surface area contributed by atoms with Gasteiger partial charge in [0.15, 0.2) is 0 Å². The minimum Gasteiger partial charge on any atom is -0.378 e. The molecule has 1 aromatic carbocycles. The normalized spacial score (nSPS) is 23.3. The summed E-state index contributed by atoms with van der Waals surface area (Å²) >= 11 is 6.18. The largest absolute Gasteiger partial charge is 0.378 e. The topological polar surface area (TPSA) is 92.5 Å². The average molecular weight is 460 g/mol. The van der Waals surface area contributed by atoms with Crippen LogP contribution in [0.3, 0.4) is 0 Å². The molecule has 1 amide bonds. The lowest BCUT2D eigenvalue weighted by Crippen LogP contribution is -2.56. The fraction of sp³-hybridized carbons (Fsp3) is 0.583. The summed E-state index contributed by atoms with van der Waals surface area (Å²) in [5.74, 6) is 0.428. The summed E-state index contributed by atoms with van der Waals surface area (Å²) < 4.78 is 5.90. The number of halogens is 1. The number of piperidine rings is 1. The monoisotopic (exact) mass is 459 g/mol. The predicted octanol–water partition coefficient (Wildman–Crippen LogP) is 3.44. The van der Waals surface area contributed by atoms with Gasteiger partial charge in [-0.25, -0.2) is 4.98 Å². The maximum Gasteiger partial charge on any atom is 0.256 e. The maximum absolute atomic E-state index is 13.0. The zero-order valence-electron chi connectivity index (χ0n) is 18.9. The number of benzene rings is 1. The number of carbonyl (C=O) groups is 1. The molecule has 8 heteroatoms. The number of nitrogens with one attached hydrogen (secondary N) is 2. The minimum absolute atomic E-state index is 0.0257. The molecule has 3 unspecified atom stereocenters. The molecule has 1 aliphatic heterocycles. The van der Waals surface area contributed by atoms with Crippen LogP contribution in [0, 0.1) is 0 Å². The fourth-order valence-electron chi connectivity index (χ4n) is 4.94. The Bertz CT molecular complexity index is 947. The van der Waals surface area contributed by atoms with E-state index in [-0.39, 0.29) is 12.0 Å². The average Bonchev–Trinajstić information content (AvgIpc) is 2.78. The molecule has 4 rings (SSSR count). The van der Waals surface area contributed by atoms with Crippen molar-refractivity contribution in [2.45, 2.75) is 69.8 Å². The van der Waals surface area contributed by atoms with Gasteiger partial charge in [0.1, 0.15) is 5.82 Å². The highest BCUT2D eigenvalue weighted by Crippen LogP contribution is 2.29. The van der Waals surface area contributed by atoms with E-state index in [1.54, 1.807) is 14.0 Å². The molecule has 0 spiro atoms. The van der Waals surface area contributed by atoms with E-state index in [9.17, 15) is 4.79 Å². The summed E-state index contributed by atoms with van der Waals surface area (Å²) in [5, 5.41) is 8.09. The van der Waals surface area contributed by atoms with Crippen LogP contribution in [0.15, 0.2) is 24.3 Å². The number of fused-ring (bicyclic) bond motifs is 1. The van der Waals surface area contributed by atoms with Gasteiger partial charge in [-0.1, -0.05) is 30.9 Å². The third-order valence-electron chi connectivity index (χ3n) is 6.58. The quantitative estimate of drug-likeness (QED) is 0.573. The van der Waals surface area contributed by atoms with Gasteiger partial charge in [0, 0.05) is 42.7 Å². The van der Waals surface area contributed by atoms with Crippen molar-refractivity contribution in [3.8, 4) is 0 Å². The summed E-state index contributed by atoms with van der Waals surface area (Å²) in [6, 6.07) is 8.28. The van der Waals surface area contributed by atoms with Gasteiger partial charge < -0.3 is 26.0 Å². The van der Waals surface area contributed by atoms with Crippen LogP contribution in [0.1, 0.15) is 55.8 Å². The van der Waals surface area contributed by atoms with E-state index in [0.717, 1.165) is 23.9 Å². The van der Waals surface area contributed by atoms with Crippen LogP contribution in [0.5, 0.6) is 0 Å². The SMILES string of the molecule is COC1CN(c2nc3ccc(Cl)cc3cc2C(=O)NC(C)N)CCC1NC1CCCCC1. The summed E-state index contributed by atoms with van der Waals surface area (Å²) in [7, 11) is 1.77. The fourth-order valence-corrected chi connectivity index (χ4v) is 5.12. The van der Waals surface area contributed by atoms with Crippen molar-refractivity contribution in [1.29, 1.82) is 0 Å². The molecule has 1 saturated heterocycles. The second kappa shape index (κ2) is 10.3. The van der Waals surface area contributed by atoms with Crippen LogP contribution >= 0.6 is 11.6 Å². The van der Waals surface area contributed by atoms with Gasteiger partial charge in [-0.3, -0.25) is 4.79 Å². The molecule has 2 heterocycles. The van der Waals surface area contributed by atoms with Crippen LogP contribution in [-0.2, 0) is 4.74 Å². The second-order valence-corrected chi connectivity index (χ2v) is 9.51. The van der Waals surface area contributed by atoms with E-state index in [0.29, 0.717) is 35.0 Å². The number of hydrogen-bond acceptors (Lipinski definition) is 6. The van der Waals surface area contributed by atoms with Crippen molar-refractivity contribution in [2.75, 3.05) is 25.1 Å². The molecule has 2 aromatic rings. The first-order chi connectivity index (χ1) is 15.4. The lowest BCUT2D eigenvalue weighted by Gasteiger charge is -2.41. The van der Waals surface area contributed by atoms with Crippen molar-refractivity contribution in [3.63, 3.8) is 0 Å². The first-order valence-corrected chi connectivity index (χ1v) is 12.0. The van der Waals surface area contributed by atoms with E-state index < -0.39 is 6.17 Å². The molecule has 3 atom stereocenters. The molecule has 0 radical (unpaired) electrons. The van der Waals surface area contributed by atoms with Gasteiger partial charge >= 0.3 is 0 Å². The highest BCUT2D eigenvalue weighted by Gasteiger charge is 2.33. The molecule has 32 heavy (non-hydrogen) atoms. The second-order valence-electron chi connectivity index (χ2n) is 9.08. The Hall–Kier alpha value is -1.93. The molecular weight excluding hydrogens is 426 g/mol. The molecule has 4 N–H and O–H groups in total. The number of hydrogen-bond donors (Lipinski definition) is 3. The van der Waals surface area contributed by atoms with Gasteiger partial charge in [-0.05, 0) is 50.5 Å². The van der Waals surface area contributed by atoms with Crippen molar-refractivity contribution >= 4 is 34.2 Å². The van der Waals surface area contributed by atoms with Crippen molar-refractivity contribution in [3.05, 3.63) is 34.9 Å².